The molecule has 1 N–H and O–H groups in total. The maximum atomic E-state index is 11.7. The first-order valence-electron chi connectivity index (χ1n) is 5.57. The van der Waals surface area contributed by atoms with Crippen molar-refractivity contribution < 1.29 is 14.6 Å². The Hall–Kier alpha value is -1.36. The molecule has 0 aromatic carbocycles. The number of aromatic nitrogens is 2. The number of fused-ring (bicyclic) bond motifs is 1. The number of carbonyl (C=O) groups is 1. The van der Waals surface area contributed by atoms with E-state index in [2.05, 4.69) is 4.98 Å². The number of carbonyl (C=O) groups excluding carboxylic acids is 1. The van der Waals surface area contributed by atoms with Crippen LogP contribution < -0.4 is 0 Å². The molecule has 16 heavy (non-hydrogen) atoms. The lowest BCUT2D eigenvalue weighted by Crippen LogP contribution is -2.20. The van der Waals surface area contributed by atoms with Crippen molar-refractivity contribution in [1.29, 1.82) is 0 Å². The summed E-state index contributed by atoms with van der Waals surface area (Å²) in [5.41, 5.74) is 1.12. The summed E-state index contributed by atoms with van der Waals surface area (Å²) in [6, 6.07) is 0. The molecule has 0 amide bonds. The predicted molar refractivity (Wildman–Crippen MR) is 57.1 cm³/mol. The third-order valence-corrected chi connectivity index (χ3v) is 2.80. The van der Waals surface area contributed by atoms with Gasteiger partial charge in [0, 0.05) is 6.54 Å². The Morgan fingerprint density at radius 2 is 2.44 bits per heavy atom. The summed E-state index contributed by atoms with van der Waals surface area (Å²) in [5.74, 6) is 0.236. The van der Waals surface area contributed by atoms with Crippen molar-refractivity contribution in [3.05, 3.63) is 17.2 Å². The van der Waals surface area contributed by atoms with E-state index >= 15 is 0 Å². The summed E-state index contributed by atoms with van der Waals surface area (Å²) < 4.78 is 6.77. The van der Waals surface area contributed by atoms with Gasteiger partial charge in [-0.25, -0.2) is 9.78 Å². The highest BCUT2D eigenvalue weighted by Crippen LogP contribution is 2.27. The van der Waals surface area contributed by atoms with Gasteiger partial charge in [-0.3, -0.25) is 0 Å². The molecule has 0 spiro atoms. The van der Waals surface area contributed by atoms with Crippen molar-refractivity contribution in [2.24, 2.45) is 0 Å². The maximum Gasteiger partial charge on any atom is 0.356 e. The molecule has 5 nitrogen and oxygen atoms in total. The van der Waals surface area contributed by atoms with E-state index < -0.39 is 6.10 Å². The summed E-state index contributed by atoms with van der Waals surface area (Å²) in [5, 5.41) is 9.78. The molecule has 1 aromatic rings. The fourth-order valence-electron chi connectivity index (χ4n) is 2.10. The van der Waals surface area contributed by atoms with Crippen LogP contribution in [0.1, 0.15) is 47.9 Å². The molecule has 1 unspecified atom stereocenters. The zero-order chi connectivity index (χ0) is 11.7. The van der Waals surface area contributed by atoms with Crippen molar-refractivity contribution in [2.75, 3.05) is 6.61 Å². The van der Waals surface area contributed by atoms with Crippen LogP contribution in [0, 0.1) is 6.92 Å². The van der Waals surface area contributed by atoms with Crippen LogP contribution in [-0.2, 0) is 11.3 Å². The van der Waals surface area contributed by atoms with Gasteiger partial charge in [-0.05, 0) is 26.7 Å². The number of rotatable bonds is 2. The number of aryl methyl sites for hydroxylation is 1. The number of aliphatic hydroxyl groups excluding tert-OH is 1. The molecule has 88 valence electrons. The van der Waals surface area contributed by atoms with Gasteiger partial charge in [-0.2, -0.15) is 0 Å². The molecule has 0 fully saturated rings. The Morgan fingerprint density at radius 1 is 1.69 bits per heavy atom. The number of ether oxygens (including phenoxy) is 1. The molecule has 1 aliphatic heterocycles. The first-order valence-corrected chi connectivity index (χ1v) is 5.57. The average Bonchev–Trinajstić information content (AvgIpc) is 2.56. The fourth-order valence-corrected chi connectivity index (χ4v) is 2.10. The summed E-state index contributed by atoms with van der Waals surface area (Å²) in [6.45, 7) is 4.61. The average molecular weight is 224 g/mol. The lowest BCUT2D eigenvalue weighted by atomic mass is 10.1. The second-order valence-electron chi connectivity index (χ2n) is 3.93. The van der Waals surface area contributed by atoms with Crippen molar-refractivity contribution in [2.45, 2.75) is 39.3 Å². The normalized spacial score (nSPS) is 19.3. The molecule has 0 saturated heterocycles. The second-order valence-corrected chi connectivity index (χ2v) is 3.93. The van der Waals surface area contributed by atoms with Gasteiger partial charge in [-0.15, -0.1) is 0 Å². The van der Waals surface area contributed by atoms with E-state index in [9.17, 15) is 9.90 Å². The quantitative estimate of drug-likeness (QED) is 0.766. The molecule has 5 heteroatoms. The van der Waals surface area contributed by atoms with Gasteiger partial charge in [0.1, 0.15) is 11.9 Å². The highest BCUT2D eigenvalue weighted by Gasteiger charge is 2.27. The third-order valence-electron chi connectivity index (χ3n) is 2.80. The Labute approximate surface area is 94.1 Å². The standard InChI is InChI=1S/C11H16N2O3/c1-3-16-11(15)9-7(2)12-10-8(14)5-4-6-13(9)10/h8,14H,3-6H2,1-2H3. The lowest BCUT2D eigenvalue weighted by Gasteiger charge is -2.20. The van der Waals surface area contributed by atoms with Crippen molar-refractivity contribution in [3.8, 4) is 0 Å². The van der Waals surface area contributed by atoms with Gasteiger partial charge in [-0.1, -0.05) is 0 Å². The molecule has 1 aliphatic rings. The Kier molecular flexibility index (Phi) is 2.96. The molecule has 1 aromatic heterocycles. The zero-order valence-corrected chi connectivity index (χ0v) is 9.56. The summed E-state index contributed by atoms with van der Waals surface area (Å²) in [7, 11) is 0. The van der Waals surface area contributed by atoms with E-state index in [1.807, 2.05) is 0 Å². The Bertz CT molecular complexity index is 412. The van der Waals surface area contributed by atoms with Gasteiger partial charge in [0.05, 0.1) is 12.3 Å². The minimum absolute atomic E-state index is 0.349. The van der Waals surface area contributed by atoms with E-state index in [1.165, 1.54) is 0 Å². The molecule has 1 atom stereocenters. The van der Waals surface area contributed by atoms with Crippen LogP contribution in [-0.4, -0.2) is 27.2 Å². The molecule has 0 saturated carbocycles. The molecular formula is C11H16N2O3. The molecule has 2 rings (SSSR count). The molecular weight excluding hydrogens is 208 g/mol. The molecule has 0 aliphatic carbocycles. The van der Waals surface area contributed by atoms with Gasteiger partial charge < -0.3 is 14.4 Å². The van der Waals surface area contributed by atoms with Crippen LogP contribution in [0.2, 0.25) is 0 Å². The number of imidazole rings is 1. The van der Waals surface area contributed by atoms with Crippen LogP contribution in [0.15, 0.2) is 0 Å². The van der Waals surface area contributed by atoms with Crippen LogP contribution in [0.5, 0.6) is 0 Å². The lowest BCUT2D eigenvalue weighted by molar-refractivity contribution is 0.0507. The topological polar surface area (TPSA) is 64.3 Å². The smallest absolute Gasteiger partial charge is 0.356 e. The van der Waals surface area contributed by atoms with Crippen LogP contribution >= 0.6 is 0 Å². The van der Waals surface area contributed by atoms with E-state index in [4.69, 9.17) is 4.74 Å². The van der Waals surface area contributed by atoms with Gasteiger partial charge in [0.15, 0.2) is 5.69 Å². The number of nitrogens with zero attached hydrogens (tertiary/aromatic N) is 2. The monoisotopic (exact) mass is 224 g/mol. The number of aliphatic hydroxyl groups is 1. The van der Waals surface area contributed by atoms with Crippen molar-refractivity contribution in [3.63, 3.8) is 0 Å². The fraction of sp³-hybridized carbons (Fsp3) is 0.636. The van der Waals surface area contributed by atoms with Gasteiger partial charge >= 0.3 is 5.97 Å². The first-order chi connectivity index (χ1) is 7.65. The van der Waals surface area contributed by atoms with E-state index in [-0.39, 0.29) is 5.97 Å². The minimum atomic E-state index is -0.560. The maximum absolute atomic E-state index is 11.7. The summed E-state index contributed by atoms with van der Waals surface area (Å²) in [6.07, 6.45) is 1.00. The van der Waals surface area contributed by atoms with Crippen molar-refractivity contribution in [1.82, 2.24) is 9.55 Å². The molecule has 0 bridgehead atoms. The zero-order valence-electron chi connectivity index (χ0n) is 9.56. The van der Waals surface area contributed by atoms with Crippen LogP contribution in [0.3, 0.4) is 0 Å². The van der Waals surface area contributed by atoms with E-state index in [0.717, 1.165) is 13.0 Å². The summed E-state index contributed by atoms with van der Waals surface area (Å²) >= 11 is 0. The van der Waals surface area contributed by atoms with E-state index in [1.54, 1.807) is 18.4 Å². The van der Waals surface area contributed by atoms with Crippen LogP contribution in [0.25, 0.3) is 0 Å². The Balaban J connectivity index is 2.42. The predicted octanol–water partition coefficient (Wildman–Crippen LogP) is 1.20. The number of esters is 1. The highest BCUT2D eigenvalue weighted by molar-refractivity contribution is 5.89. The molecule has 0 radical (unpaired) electrons. The first kappa shape index (κ1) is 11.1. The molecule has 2 heterocycles. The summed E-state index contributed by atoms with van der Waals surface area (Å²) in [4.78, 5) is 16.0. The second kappa shape index (κ2) is 4.25. The number of hydrogen-bond acceptors (Lipinski definition) is 4. The van der Waals surface area contributed by atoms with E-state index in [0.29, 0.717) is 30.2 Å². The van der Waals surface area contributed by atoms with Crippen LogP contribution in [0.4, 0.5) is 0 Å². The SMILES string of the molecule is CCOC(=O)c1c(C)nc2n1CCCC2O. The minimum Gasteiger partial charge on any atom is -0.461 e. The van der Waals surface area contributed by atoms with Gasteiger partial charge in [0.2, 0.25) is 0 Å². The third kappa shape index (κ3) is 1.71. The number of hydrogen-bond donors (Lipinski definition) is 1. The van der Waals surface area contributed by atoms with Crippen molar-refractivity contribution >= 4 is 5.97 Å². The highest BCUT2D eigenvalue weighted by atomic mass is 16.5. The van der Waals surface area contributed by atoms with Gasteiger partial charge in [0.25, 0.3) is 0 Å². The Morgan fingerprint density at radius 3 is 3.12 bits per heavy atom. The largest absolute Gasteiger partial charge is 0.461 e.